The molecule has 0 bridgehead atoms. The fraction of sp³-hybridized carbons (Fsp3) is 0.562. The molecule has 0 fully saturated rings. The Morgan fingerprint density at radius 3 is 2.09 bits per heavy atom. The summed E-state index contributed by atoms with van der Waals surface area (Å²) in [6, 6.07) is 0. The molecule has 1 aromatic heterocycles. The first-order valence-electron chi connectivity index (χ1n) is 7.27. The smallest absolute Gasteiger partial charge is 0.314 e. The van der Waals surface area contributed by atoms with Gasteiger partial charge in [-0.15, -0.1) is 0 Å². The topological polar surface area (TPSA) is 98.3 Å². The van der Waals surface area contributed by atoms with E-state index in [2.05, 4.69) is 15.3 Å². The number of rotatable bonds is 4. The molecule has 1 heterocycles. The zero-order chi connectivity index (χ0) is 17.8. The number of hydrogen-bond donors (Lipinski definition) is 1. The first-order valence-corrected chi connectivity index (χ1v) is 7.27. The Labute approximate surface area is 135 Å². The Morgan fingerprint density at radius 2 is 1.65 bits per heavy atom. The molecule has 0 radical (unpaired) electrons. The summed E-state index contributed by atoms with van der Waals surface area (Å²) in [5, 5.41) is 2.60. The van der Waals surface area contributed by atoms with Gasteiger partial charge in [-0.05, 0) is 20.8 Å². The van der Waals surface area contributed by atoms with Gasteiger partial charge in [0, 0.05) is 5.41 Å². The first kappa shape index (κ1) is 18.7. The molecule has 1 amide bonds. The second-order valence-electron chi connectivity index (χ2n) is 7.18. The van der Waals surface area contributed by atoms with E-state index in [9.17, 15) is 14.4 Å². The van der Waals surface area contributed by atoms with Crippen LogP contribution < -0.4 is 5.32 Å². The molecule has 0 aliphatic heterocycles. The van der Waals surface area contributed by atoms with Gasteiger partial charge < -0.3 is 10.1 Å². The summed E-state index contributed by atoms with van der Waals surface area (Å²) >= 11 is 0. The summed E-state index contributed by atoms with van der Waals surface area (Å²) in [6.45, 7) is 10.5. The van der Waals surface area contributed by atoms with Crippen LogP contribution in [0.15, 0.2) is 12.4 Å². The third-order valence-electron chi connectivity index (χ3n) is 2.59. The summed E-state index contributed by atoms with van der Waals surface area (Å²) in [4.78, 5) is 43.3. The lowest BCUT2D eigenvalue weighted by Gasteiger charge is -2.19. The summed E-state index contributed by atoms with van der Waals surface area (Å²) in [5.74, 6) is -1.06. The summed E-state index contributed by atoms with van der Waals surface area (Å²) in [5.41, 5.74) is -1.17. The molecule has 1 rings (SSSR count). The van der Waals surface area contributed by atoms with Crippen molar-refractivity contribution < 1.29 is 19.1 Å². The van der Waals surface area contributed by atoms with E-state index in [-0.39, 0.29) is 17.4 Å². The maximum Gasteiger partial charge on any atom is 0.314 e. The van der Waals surface area contributed by atoms with Crippen molar-refractivity contribution in [3.63, 3.8) is 0 Å². The highest BCUT2D eigenvalue weighted by Crippen LogP contribution is 2.16. The van der Waals surface area contributed by atoms with Crippen LogP contribution in [0.2, 0.25) is 0 Å². The number of aromatic nitrogens is 2. The Balaban J connectivity index is 2.68. The lowest BCUT2D eigenvalue weighted by Crippen LogP contribution is -2.28. The highest BCUT2D eigenvalue weighted by atomic mass is 16.6. The molecule has 0 atom stereocenters. The number of ether oxygens (including phenoxy) is 1. The third kappa shape index (κ3) is 6.54. The molecule has 7 nitrogen and oxygen atoms in total. The molecule has 1 N–H and O–H groups in total. The van der Waals surface area contributed by atoms with Gasteiger partial charge in [0.2, 0.25) is 5.91 Å². The highest BCUT2D eigenvalue weighted by Gasteiger charge is 2.23. The predicted octanol–water partition coefficient (Wildman–Crippen LogP) is 2.38. The number of Topliss-reactive ketones (excluding diaryl/α,β-unsaturated/α-hetero) is 1. The van der Waals surface area contributed by atoms with Gasteiger partial charge in [-0.3, -0.25) is 14.4 Å². The fourth-order valence-corrected chi connectivity index (χ4v) is 1.44. The van der Waals surface area contributed by atoms with E-state index in [1.165, 1.54) is 12.4 Å². The number of carbonyl (C=O) groups is 3. The van der Waals surface area contributed by atoms with Crippen LogP contribution in [0.1, 0.15) is 58.5 Å². The van der Waals surface area contributed by atoms with Crippen LogP contribution in [0.25, 0.3) is 0 Å². The maximum absolute atomic E-state index is 11.9. The van der Waals surface area contributed by atoms with Crippen LogP contribution in [0.3, 0.4) is 0 Å². The Morgan fingerprint density at radius 1 is 1.04 bits per heavy atom. The van der Waals surface area contributed by atoms with Crippen molar-refractivity contribution >= 4 is 23.5 Å². The maximum atomic E-state index is 11.9. The van der Waals surface area contributed by atoms with E-state index in [0.29, 0.717) is 0 Å². The molecule has 0 aliphatic carbocycles. The molecule has 0 saturated carbocycles. The number of esters is 1. The number of nitrogens with one attached hydrogen (secondary N) is 1. The minimum atomic E-state index is -0.649. The number of carbonyl (C=O) groups excluding carboxylic acids is 3. The molecule has 0 spiro atoms. The van der Waals surface area contributed by atoms with Crippen molar-refractivity contribution in [2.24, 2.45) is 5.41 Å². The Hall–Kier alpha value is -2.31. The number of hydrogen-bond acceptors (Lipinski definition) is 6. The zero-order valence-corrected chi connectivity index (χ0v) is 14.4. The van der Waals surface area contributed by atoms with Crippen molar-refractivity contribution in [1.82, 2.24) is 9.97 Å². The minimum absolute atomic E-state index is 0.0459. The number of nitrogens with zero attached hydrogens (tertiary/aromatic N) is 2. The van der Waals surface area contributed by atoms with Crippen LogP contribution >= 0.6 is 0 Å². The van der Waals surface area contributed by atoms with E-state index in [1.807, 2.05) is 0 Å². The van der Waals surface area contributed by atoms with Crippen LogP contribution in [-0.2, 0) is 14.3 Å². The van der Waals surface area contributed by atoms with E-state index in [0.717, 1.165) is 0 Å². The minimum Gasteiger partial charge on any atom is -0.460 e. The standard InChI is InChI=1S/C16H23N3O4/c1-15(2,3)14(22)19-12-9-17-10(8-18-12)11(20)7-13(21)23-16(4,5)6/h8-9H,7H2,1-6H3,(H,18,19,22). The number of amides is 1. The van der Waals surface area contributed by atoms with Crippen molar-refractivity contribution in [2.75, 3.05) is 5.32 Å². The second kappa shape index (κ2) is 6.85. The van der Waals surface area contributed by atoms with Crippen molar-refractivity contribution in [1.29, 1.82) is 0 Å². The normalized spacial score (nSPS) is 11.7. The molecular weight excluding hydrogens is 298 g/mol. The van der Waals surface area contributed by atoms with E-state index < -0.39 is 29.2 Å². The van der Waals surface area contributed by atoms with Gasteiger partial charge in [0.1, 0.15) is 17.7 Å². The SMILES string of the molecule is CC(C)(C)OC(=O)CC(=O)c1cnc(NC(=O)C(C)(C)C)cn1. The van der Waals surface area contributed by atoms with E-state index in [4.69, 9.17) is 4.74 Å². The zero-order valence-electron chi connectivity index (χ0n) is 14.4. The van der Waals surface area contributed by atoms with Gasteiger partial charge in [0.25, 0.3) is 0 Å². The molecule has 0 unspecified atom stereocenters. The van der Waals surface area contributed by atoms with Crippen LogP contribution in [0, 0.1) is 5.41 Å². The molecule has 0 aliphatic rings. The third-order valence-corrected chi connectivity index (χ3v) is 2.59. The molecule has 23 heavy (non-hydrogen) atoms. The van der Waals surface area contributed by atoms with E-state index >= 15 is 0 Å². The summed E-state index contributed by atoms with van der Waals surface area (Å²) in [6.07, 6.45) is 2.11. The summed E-state index contributed by atoms with van der Waals surface area (Å²) in [7, 11) is 0. The highest BCUT2D eigenvalue weighted by molar-refractivity contribution is 6.04. The number of ketones is 1. The monoisotopic (exact) mass is 321 g/mol. The Bertz CT molecular complexity index is 595. The fourth-order valence-electron chi connectivity index (χ4n) is 1.44. The Kier molecular flexibility index (Phi) is 5.58. The largest absolute Gasteiger partial charge is 0.460 e. The van der Waals surface area contributed by atoms with Gasteiger partial charge in [0.15, 0.2) is 11.6 Å². The quantitative estimate of drug-likeness (QED) is 0.519. The van der Waals surface area contributed by atoms with Gasteiger partial charge in [-0.25, -0.2) is 9.97 Å². The van der Waals surface area contributed by atoms with Crippen LogP contribution in [0.5, 0.6) is 0 Å². The summed E-state index contributed by atoms with van der Waals surface area (Å²) < 4.78 is 5.08. The van der Waals surface area contributed by atoms with E-state index in [1.54, 1.807) is 41.5 Å². The molecule has 0 saturated heterocycles. The van der Waals surface area contributed by atoms with Crippen LogP contribution in [-0.4, -0.2) is 33.2 Å². The molecule has 1 aromatic rings. The van der Waals surface area contributed by atoms with Gasteiger partial charge >= 0.3 is 5.97 Å². The van der Waals surface area contributed by atoms with Crippen molar-refractivity contribution in [2.45, 2.75) is 53.6 Å². The predicted molar refractivity (Wildman–Crippen MR) is 84.9 cm³/mol. The molecular formula is C16H23N3O4. The molecule has 0 aromatic carbocycles. The van der Waals surface area contributed by atoms with Gasteiger partial charge in [0.05, 0.1) is 12.4 Å². The van der Waals surface area contributed by atoms with Crippen molar-refractivity contribution in [3.05, 3.63) is 18.1 Å². The average Bonchev–Trinajstić information content (AvgIpc) is 2.35. The van der Waals surface area contributed by atoms with Gasteiger partial charge in [-0.1, -0.05) is 20.8 Å². The average molecular weight is 321 g/mol. The van der Waals surface area contributed by atoms with Gasteiger partial charge in [-0.2, -0.15) is 0 Å². The first-order chi connectivity index (χ1) is 10.4. The lowest BCUT2D eigenvalue weighted by molar-refractivity contribution is -0.153. The van der Waals surface area contributed by atoms with Crippen LogP contribution in [0.4, 0.5) is 5.82 Å². The lowest BCUT2D eigenvalue weighted by atomic mass is 9.96. The second-order valence-corrected chi connectivity index (χ2v) is 7.18. The number of anilines is 1. The molecule has 7 heteroatoms. The van der Waals surface area contributed by atoms with Crippen molar-refractivity contribution in [3.8, 4) is 0 Å². The molecule has 126 valence electrons.